The first-order valence-corrected chi connectivity index (χ1v) is 7.57. The maximum absolute atomic E-state index is 11.8. The standard InChI is InChI=1S/C15H21ClN2O3/c16-11-4-5-13(17)14(9-11)18-15(19)6-8-20-10-12-3-1-2-7-21-12/h4-5,9,12H,1-3,6-8,10,17H2,(H,18,19). The molecule has 1 unspecified atom stereocenters. The van der Waals surface area contributed by atoms with Crippen LogP contribution in [0.15, 0.2) is 18.2 Å². The Morgan fingerprint density at radius 3 is 3.10 bits per heavy atom. The van der Waals surface area contributed by atoms with Crippen molar-refractivity contribution in [3.05, 3.63) is 23.2 Å². The molecule has 5 nitrogen and oxygen atoms in total. The van der Waals surface area contributed by atoms with Crippen molar-refractivity contribution >= 4 is 28.9 Å². The zero-order chi connectivity index (χ0) is 15.1. The number of hydrogen-bond acceptors (Lipinski definition) is 4. The highest BCUT2D eigenvalue weighted by molar-refractivity contribution is 6.31. The summed E-state index contributed by atoms with van der Waals surface area (Å²) in [4.78, 5) is 11.8. The van der Waals surface area contributed by atoms with Crippen molar-refractivity contribution in [2.24, 2.45) is 0 Å². The number of halogens is 1. The molecule has 1 aliphatic rings. The van der Waals surface area contributed by atoms with E-state index in [9.17, 15) is 4.79 Å². The Morgan fingerprint density at radius 2 is 2.33 bits per heavy atom. The van der Waals surface area contributed by atoms with Crippen molar-refractivity contribution in [2.45, 2.75) is 31.8 Å². The Bertz CT molecular complexity index is 476. The van der Waals surface area contributed by atoms with Crippen LogP contribution < -0.4 is 11.1 Å². The largest absolute Gasteiger partial charge is 0.397 e. The lowest BCUT2D eigenvalue weighted by Crippen LogP contribution is -2.25. The zero-order valence-electron chi connectivity index (χ0n) is 11.9. The second-order valence-electron chi connectivity index (χ2n) is 5.09. The summed E-state index contributed by atoms with van der Waals surface area (Å²) >= 11 is 5.87. The average molecular weight is 313 g/mol. The molecule has 0 bridgehead atoms. The highest BCUT2D eigenvalue weighted by Gasteiger charge is 2.14. The van der Waals surface area contributed by atoms with E-state index in [1.807, 2.05) is 0 Å². The molecule has 1 aliphatic heterocycles. The van der Waals surface area contributed by atoms with Gasteiger partial charge in [-0.3, -0.25) is 4.79 Å². The molecule has 0 radical (unpaired) electrons. The first-order valence-electron chi connectivity index (χ1n) is 7.19. The zero-order valence-corrected chi connectivity index (χ0v) is 12.7. The van der Waals surface area contributed by atoms with Crippen molar-refractivity contribution < 1.29 is 14.3 Å². The van der Waals surface area contributed by atoms with Gasteiger partial charge in [-0.05, 0) is 37.5 Å². The van der Waals surface area contributed by atoms with Crippen LogP contribution >= 0.6 is 11.6 Å². The van der Waals surface area contributed by atoms with Crippen molar-refractivity contribution in [2.75, 3.05) is 30.9 Å². The van der Waals surface area contributed by atoms with E-state index in [1.54, 1.807) is 18.2 Å². The minimum absolute atomic E-state index is 0.145. The van der Waals surface area contributed by atoms with Gasteiger partial charge < -0.3 is 20.5 Å². The maximum atomic E-state index is 11.8. The van der Waals surface area contributed by atoms with Gasteiger partial charge in [0, 0.05) is 11.6 Å². The third kappa shape index (κ3) is 5.53. The van der Waals surface area contributed by atoms with Gasteiger partial charge >= 0.3 is 0 Å². The third-order valence-electron chi connectivity index (χ3n) is 3.34. The fourth-order valence-corrected chi connectivity index (χ4v) is 2.34. The smallest absolute Gasteiger partial charge is 0.226 e. The number of carbonyl (C=O) groups is 1. The number of ether oxygens (including phenoxy) is 2. The van der Waals surface area contributed by atoms with Gasteiger partial charge in [0.25, 0.3) is 0 Å². The molecule has 0 aliphatic carbocycles. The van der Waals surface area contributed by atoms with Crippen LogP contribution in [0.4, 0.5) is 11.4 Å². The lowest BCUT2D eigenvalue weighted by atomic mass is 10.1. The molecule has 1 amide bonds. The lowest BCUT2D eigenvalue weighted by molar-refractivity contribution is -0.117. The minimum Gasteiger partial charge on any atom is -0.397 e. The van der Waals surface area contributed by atoms with Gasteiger partial charge in [-0.15, -0.1) is 0 Å². The molecular formula is C15H21ClN2O3. The Labute approximate surface area is 129 Å². The van der Waals surface area contributed by atoms with Crippen LogP contribution in [0, 0.1) is 0 Å². The van der Waals surface area contributed by atoms with Crippen LogP contribution in [0.5, 0.6) is 0 Å². The molecule has 1 saturated heterocycles. The summed E-state index contributed by atoms with van der Waals surface area (Å²) in [6.45, 7) is 1.72. The van der Waals surface area contributed by atoms with Crippen molar-refractivity contribution in [3.63, 3.8) is 0 Å². The molecule has 0 aromatic heterocycles. The number of nitrogen functional groups attached to an aromatic ring is 1. The van der Waals surface area contributed by atoms with Gasteiger partial charge in [-0.1, -0.05) is 11.6 Å². The van der Waals surface area contributed by atoms with E-state index in [0.717, 1.165) is 19.4 Å². The summed E-state index contributed by atoms with van der Waals surface area (Å²) in [5.74, 6) is -0.145. The summed E-state index contributed by atoms with van der Waals surface area (Å²) < 4.78 is 11.0. The highest BCUT2D eigenvalue weighted by Crippen LogP contribution is 2.23. The number of anilines is 2. The first-order chi connectivity index (χ1) is 10.1. The summed E-state index contributed by atoms with van der Waals surface area (Å²) in [5.41, 5.74) is 6.79. The monoisotopic (exact) mass is 312 g/mol. The number of nitrogens with one attached hydrogen (secondary N) is 1. The topological polar surface area (TPSA) is 73.6 Å². The second-order valence-corrected chi connectivity index (χ2v) is 5.53. The lowest BCUT2D eigenvalue weighted by Gasteiger charge is -2.22. The summed E-state index contributed by atoms with van der Waals surface area (Å²) in [7, 11) is 0. The van der Waals surface area contributed by atoms with E-state index >= 15 is 0 Å². The molecule has 6 heteroatoms. The Morgan fingerprint density at radius 1 is 1.48 bits per heavy atom. The van der Waals surface area contributed by atoms with Crippen LogP contribution in [0.25, 0.3) is 0 Å². The number of hydrogen-bond donors (Lipinski definition) is 2. The summed E-state index contributed by atoms with van der Waals surface area (Å²) in [5, 5.41) is 3.26. The van der Waals surface area contributed by atoms with Crippen LogP contribution in [-0.2, 0) is 14.3 Å². The molecule has 3 N–H and O–H groups in total. The number of amides is 1. The van der Waals surface area contributed by atoms with E-state index in [-0.39, 0.29) is 18.4 Å². The molecule has 116 valence electrons. The van der Waals surface area contributed by atoms with Crippen LogP contribution in [0.2, 0.25) is 5.02 Å². The van der Waals surface area contributed by atoms with Crippen LogP contribution in [-0.4, -0.2) is 31.8 Å². The summed E-state index contributed by atoms with van der Waals surface area (Å²) in [6.07, 6.45) is 3.79. The van der Waals surface area contributed by atoms with Crippen molar-refractivity contribution in [1.29, 1.82) is 0 Å². The SMILES string of the molecule is Nc1ccc(Cl)cc1NC(=O)CCOCC1CCCCO1. The van der Waals surface area contributed by atoms with Gasteiger partial charge in [0.15, 0.2) is 0 Å². The molecule has 1 fully saturated rings. The van der Waals surface area contributed by atoms with Crippen LogP contribution in [0.3, 0.4) is 0 Å². The van der Waals surface area contributed by atoms with E-state index in [2.05, 4.69) is 5.32 Å². The molecule has 21 heavy (non-hydrogen) atoms. The first kappa shape index (κ1) is 16.1. The normalized spacial score (nSPS) is 18.4. The van der Waals surface area contributed by atoms with Crippen molar-refractivity contribution in [3.8, 4) is 0 Å². The van der Waals surface area contributed by atoms with Gasteiger partial charge in [0.2, 0.25) is 5.91 Å². The van der Waals surface area contributed by atoms with Gasteiger partial charge in [0.1, 0.15) is 0 Å². The molecule has 0 spiro atoms. The maximum Gasteiger partial charge on any atom is 0.226 e. The van der Waals surface area contributed by atoms with Crippen LogP contribution in [0.1, 0.15) is 25.7 Å². The van der Waals surface area contributed by atoms with Gasteiger partial charge in [-0.25, -0.2) is 0 Å². The van der Waals surface area contributed by atoms with E-state index in [4.69, 9.17) is 26.8 Å². The molecule has 1 aromatic rings. The molecule has 0 saturated carbocycles. The highest BCUT2D eigenvalue weighted by atomic mass is 35.5. The Kier molecular flexibility index (Phi) is 6.29. The average Bonchev–Trinajstić information content (AvgIpc) is 2.48. The number of rotatable bonds is 6. The Hall–Kier alpha value is -1.30. The fraction of sp³-hybridized carbons (Fsp3) is 0.533. The van der Waals surface area contributed by atoms with Gasteiger partial charge in [0.05, 0.1) is 37.1 Å². The molecule has 1 aromatic carbocycles. The second kappa shape index (κ2) is 8.22. The number of carbonyl (C=O) groups excluding carboxylic acids is 1. The van der Waals surface area contributed by atoms with E-state index in [0.29, 0.717) is 29.6 Å². The van der Waals surface area contributed by atoms with Gasteiger partial charge in [-0.2, -0.15) is 0 Å². The molecule has 1 heterocycles. The third-order valence-corrected chi connectivity index (χ3v) is 3.58. The fourth-order valence-electron chi connectivity index (χ4n) is 2.17. The predicted octanol–water partition coefficient (Wildman–Crippen LogP) is 2.84. The van der Waals surface area contributed by atoms with Crippen molar-refractivity contribution in [1.82, 2.24) is 0 Å². The van der Waals surface area contributed by atoms with E-state index in [1.165, 1.54) is 6.42 Å². The predicted molar refractivity (Wildman–Crippen MR) is 83.5 cm³/mol. The molecule has 1 atom stereocenters. The molecule has 2 rings (SSSR count). The van der Waals surface area contributed by atoms with E-state index < -0.39 is 0 Å². The minimum atomic E-state index is -0.145. The summed E-state index contributed by atoms with van der Waals surface area (Å²) in [6, 6.07) is 4.97. The Balaban J connectivity index is 1.66. The number of benzene rings is 1. The quantitative estimate of drug-likeness (QED) is 0.626. The molecular weight excluding hydrogens is 292 g/mol. The number of nitrogens with two attached hydrogens (primary N) is 1.